The number of hydrogen-bond donors (Lipinski definition) is 0. The monoisotopic (exact) mass is 117 g/mol. The zero-order valence-electron chi connectivity index (χ0n) is 4.48. The Morgan fingerprint density at radius 1 is 1.57 bits per heavy atom. The maximum Gasteiger partial charge on any atom is 0.124 e. The first-order valence-electron chi connectivity index (χ1n) is 2.11. The average molecular weight is 118 g/mol. The molecule has 40 valence electrons. The number of aliphatic imine (C=N–C) groups is 1. The second kappa shape index (κ2) is 3.88. The lowest BCUT2D eigenvalue weighted by Crippen LogP contribution is -1.60. The minimum atomic E-state index is 0.544. The Bertz CT molecular complexity index is 94.3. The highest BCUT2D eigenvalue weighted by molar-refractivity contribution is 6.29. The van der Waals surface area contributed by atoms with E-state index < -0.39 is 0 Å². The molecule has 0 radical (unpaired) electrons. The van der Waals surface area contributed by atoms with E-state index in [1.807, 2.05) is 13.8 Å². The van der Waals surface area contributed by atoms with Gasteiger partial charge in [-0.2, -0.15) is 0 Å². The van der Waals surface area contributed by atoms with Crippen LogP contribution < -0.4 is 0 Å². The van der Waals surface area contributed by atoms with E-state index in [1.165, 1.54) is 0 Å². The molecule has 1 nitrogen and oxygen atoms in total. The van der Waals surface area contributed by atoms with E-state index in [0.29, 0.717) is 5.16 Å². The molecule has 0 bridgehead atoms. The van der Waals surface area contributed by atoms with Crippen molar-refractivity contribution in [1.82, 2.24) is 0 Å². The van der Waals surface area contributed by atoms with Crippen molar-refractivity contribution in [1.29, 1.82) is 0 Å². The van der Waals surface area contributed by atoms with Gasteiger partial charge in [-0.1, -0.05) is 17.7 Å². The summed E-state index contributed by atoms with van der Waals surface area (Å²) in [6.45, 7) is 3.67. The summed E-state index contributed by atoms with van der Waals surface area (Å²) in [4.78, 5) is 3.74. The van der Waals surface area contributed by atoms with E-state index in [-0.39, 0.29) is 0 Å². The number of allylic oxidation sites excluding steroid dienone is 1. The van der Waals surface area contributed by atoms with Gasteiger partial charge in [0, 0.05) is 6.21 Å². The van der Waals surface area contributed by atoms with Gasteiger partial charge < -0.3 is 0 Å². The molecule has 0 saturated carbocycles. The maximum atomic E-state index is 5.43. The molecule has 0 heterocycles. The number of rotatable bonds is 1. The Balaban J connectivity index is 3.58. The van der Waals surface area contributed by atoms with Gasteiger partial charge >= 0.3 is 0 Å². The molecule has 0 N–H and O–H groups in total. The molecule has 0 rings (SSSR count). The Labute approximate surface area is 48.7 Å². The molecule has 2 heteroatoms. The lowest BCUT2D eigenvalue weighted by atomic mass is 10.7. The van der Waals surface area contributed by atoms with Crippen molar-refractivity contribution in [3.05, 3.63) is 11.2 Å². The van der Waals surface area contributed by atoms with Crippen LogP contribution in [0.1, 0.15) is 13.8 Å². The molecule has 0 aliphatic heterocycles. The van der Waals surface area contributed by atoms with Gasteiger partial charge in [-0.3, -0.25) is 0 Å². The number of halogens is 1. The highest BCUT2D eigenvalue weighted by Gasteiger charge is 1.74. The lowest BCUT2D eigenvalue weighted by molar-refractivity contribution is 1.48. The SMILES string of the molecule is CC=N/C(Cl)=C\C. The normalized spacial score (nSPS) is 13.3. The highest BCUT2D eigenvalue weighted by Crippen LogP contribution is 1.98. The Morgan fingerprint density at radius 3 is 2.29 bits per heavy atom. The van der Waals surface area contributed by atoms with Crippen molar-refractivity contribution in [3.63, 3.8) is 0 Å². The van der Waals surface area contributed by atoms with Gasteiger partial charge in [-0.15, -0.1) is 0 Å². The van der Waals surface area contributed by atoms with Crippen molar-refractivity contribution >= 4 is 17.8 Å². The molecule has 0 fully saturated rings. The van der Waals surface area contributed by atoms with E-state index >= 15 is 0 Å². The fraction of sp³-hybridized carbons (Fsp3) is 0.400. The first kappa shape index (κ1) is 6.70. The van der Waals surface area contributed by atoms with E-state index in [9.17, 15) is 0 Å². The number of hydrogen-bond acceptors (Lipinski definition) is 1. The average Bonchev–Trinajstić information content (AvgIpc) is 1.68. The molecular formula is C5H8ClN. The maximum absolute atomic E-state index is 5.43. The smallest absolute Gasteiger partial charge is 0.124 e. The fourth-order valence-corrected chi connectivity index (χ4v) is 0.295. The molecule has 0 amide bonds. The summed E-state index contributed by atoms with van der Waals surface area (Å²) in [7, 11) is 0. The van der Waals surface area contributed by atoms with Gasteiger partial charge in [0.1, 0.15) is 5.16 Å². The minimum absolute atomic E-state index is 0.544. The van der Waals surface area contributed by atoms with E-state index in [0.717, 1.165) is 0 Å². The second-order valence-electron chi connectivity index (χ2n) is 0.999. The number of nitrogens with zero attached hydrogens (tertiary/aromatic N) is 1. The topological polar surface area (TPSA) is 12.4 Å². The van der Waals surface area contributed by atoms with Gasteiger partial charge in [0.05, 0.1) is 0 Å². The van der Waals surface area contributed by atoms with Crippen LogP contribution in [0.2, 0.25) is 0 Å². The van der Waals surface area contributed by atoms with Crippen LogP contribution in [-0.2, 0) is 0 Å². The highest BCUT2D eigenvalue weighted by atomic mass is 35.5. The van der Waals surface area contributed by atoms with Gasteiger partial charge in [-0.05, 0) is 13.8 Å². The summed E-state index contributed by atoms with van der Waals surface area (Å²) in [5.41, 5.74) is 0. The van der Waals surface area contributed by atoms with Crippen LogP contribution in [0.3, 0.4) is 0 Å². The summed E-state index contributed by atoms with van der Waals surface area (Å²) >= 11 is 5.43. The first-order chi connectivity index (χ1) is 3.31. The third kappa shape index (κ3) is 3.53. The zero-order chi connectivity index (χ0) is 5.70. The van der Waals surface area contributed by atoms with Crippen LogP contribution >= 0.6 is 11.6 Å². The van der Waals surface area contributed by atoms with Crippen LogP contribution in [0.15, 0.2) is 16.2 Å². The second-order valence-corrected chi connectivity index (χ2v) is 1.39. The van der Waals surface area contributed by atoms with Gasteiger partial charge in [0.25, 0.3) is 0 Å². The van der Waals surface area contributed by atoms with Crippen molar-refractivity contribution < 1.29 is 0 Å². The first-order valence-corrected chi connectivity index (χ1v) is 2.49. The predicted octanol–water partition coefficient (Wildman–Crippen LogP) is 2.18. The third-order valence-corrected chi connectivity index (χ3v) is 0.806. The van der Waals surface area contributed by atoms with Gasteiger partial charge in [0.15, 0.2) is 0 Å². The van der Waals surface area contributed by atoms with E-state index in [4.69, 9.17) is 11.6 Å². The molecule has 0 aliphatic carbocycles. The molecule has 0 aliphatic rings. The van der Waals surface area contributed by atoms with Crippen molar-refractivity contribution in [2.45, 2.75) is 13.8 Å². The molecule has 0 aromatic carbocycles. The van der Waals surface area contributed by atoms with Crippen molar-refractivity contribution in [2.75, 3.05) is 0 Å². The minimum Gasteiger partial charge on any atom is -0.250 e. The third-order valence-electron chi connectivity index (χ3n) is 0.491. The molecule has 0 aromatic rings. The van der Waals surface area contributed by atoms with E-state index in [2.05, 4.69) is 4.99 Å². The summed E-state index contributed by atoms with van der Waals surface area (Å²) in [5.74, 6) is 0. The summed E-state index contributed by atoms with van der Waals surface area (Å²) < 4.78 is 0. The molecule has 0 unspecified atom stereocenters. The van der Waals surface area contributed by atoms with E-state index in [1.54, 1.807) is 12.3 Å². The van der Waals surface area contributed by atoms with Crippen LogP contribution in [0.5, 0.6) is 0 Å². The molecule has 0 atom stereocenters. The fourth-order valence-electron chi connectivity index (χ4n) is 0.198. The molecular weight excluding hydrogens is 110 g/mol. The Hall–Kier alpha value is -0.300. The quantitative estimate of drug-likeness (QED) is 0.369. The molecule has 0 spiro atoms. The Morgan fingerprint density at radius 2 is 2.14 bits per heavy atom. The molecule has 0 saturated heterocycles. The van der Waals surface area contributed by atoms with Crippen LogP contribution in [-0.4, -0.2) is 6.21 Å². The largest absolute Gasteiger partial charge is 0.250 e. The standard InChI is InChI=1S/C5H8ClN/c1-3-5(6)7-4-2/h3-4H,1-2H3/b5-3-,7-4?. The van der Waals surface area contributed by atoms with Crippen molar-refractivity contribution in [3.8, 4) is 0 Å². The van der Waals surface area contributed by atoms with Crippen molar-refractivity contribution in [2.24, 2.45) is 4.99 Å². The summed E-state index contributed by atoms with van der Waals surface area (Å²) in [5, 5.41) is 0.544. The van der Waals surface area contributed by atoms with Crippen LogP contribution in [0.25, 0.3) is 0 Å². The lowest BCUT2D eigenvalue weighted by Gasteiger charge is -1.78. The Kier molecular flexibility index (Phi) is 3.71. The van der Waals surface area contributed by atoms with Gasteiger partial charge in [-0.25, -0.2) is 4.99 Å². The molecule has 0 aromatic heterocycles. The predicted molar refractivity (Wildman–Crippen MR) is 33.8 cm³/mol. The van der Waals surface area contributed by atoms with Crippen LogP contribution in [0.4, 0.5) is 0 Å². The molecule has 7 heavy (non-hydrogen) atoms. The summed E-state index contributed by atoms with van der Waals surface area (Å²) in [6, 6.07) is 0. The van der Waals surface area contributed by atoms with Crippen LogP contribution in [0, 0.1) is 0 Å². The van der Waals surface area contributed by atoms with Gasteiger partial charge in [0.2, 0.25) is 0 Å². The summed E-state index contributed by atoms with van der Waals surface area (Å²) in [6.07, 6.45) is 3.39. The zero-order valence-corrected chi connectivity index (χ0v) is 5.24.